The summed E-state index contributed by atoms with van der Waals surface area (Å²) in [5.74, 6) is 0. The van der Waals surface area contributed by atoms with Crippen molar-refractivity contribution in [3.8, 4) is 0 Å². The first-order valence-electron chi connectivity index (χ1n) is 4.60. The number of nitrogens with zero attached hydrogens (tertiary/aromatic N) is 1. The van der Waals surface area contributed by atoms with E-state index in [0.717, 1.165) is 0 Å². The summed E-state index contributed by atoms with van der Waals surface area (Å²) >= 11 is 1.25. The van der Waals surface area contributed by atoms with E-state index in [9.17, 15) is 9.90 Å². The molecular weight excluding hydrogens is 216 g/mol. The van der Waals surface area contributed by atoms with E-state index in [1.165, 1.54) is 11.3 Å². The van der Waals surface area contributed by atoms with Crippen LogP contribution in [0.15, 0.2) is 5.38 Å². The largest absolute Gasteiger partial charge is 0.447 e. The molecule has 84 valence electrons. The Morgan fingerprint density at radius 1 is 1.60 bits per heavy atom. The molecule has 0 saturated heterocycles. The summed E-state index contributed by atoms with van der Waals surface area (Å²) in [4.78, 5) is 15.2. The van der Waals surface area contributed by atoms with Gasteiger partial charge in [0.05, 0.1) is 17.9 Å². The Bertz CT molecular complexity index is 336. The van der Waals surface area contributed by atoms with E-state index in [4.69, 9.17) is 4.74 Å². The van der Waals surface area contributed by atoms with E-state index in [0.29, 0.717) is 10.8 Å². The summed E-state index contributed by atoms with van der Waals surface area (Å²) in [7, 11) is 0. The van der Waals surface area contributed by atoms with Crippen LogP contribution in [0.25, 0.3) is 0 Å². The summed E-state index contributed by atoms with van der Waals surface area (Å²) in [5, 5.41) is 13.8. The number of hydrogen-bond acceptors (Lipinski definition) is 5. The van der Waals surface area contributed by atoms with E-state index >= 15 is 0 Å². The third-order valence-electron chi connectivity index (χ3n) is 1.50. The Morgan fingerprint density at radius 2 is 2.27 bits per heavy atom. The summed E-state index contributed by atoms with van der Waals surface area (Å²) in [6.45, 7) is 5.15. The van der Waals surface area contributed by atoms with Crippen molar-refractivity contribution in [2.75, 3.05) is 5.32 Å². The molecular formula is C9H14N2O3S. The first kappa shape index (κ1) is 11.9. The van der Waals surface area contributed by atoms with Crippen LogP contribution in [0, 0.1) is 0 Å². The van der Waals surface area contributed by atoms with Gasteiger partial charge in [-0.1, -0.05) is 0 Å². The highest BCUT2D eigenvalue weighted by Gasteiger charge is 2.10. The number of carbonyl (C=O) groups excluding carboxylic acids is 1. The lowest BCUT2D eigenvalue weighted by atomic mass is 10.3. The van der Waals surface area contributed by atoms with Gasteiger partial charge < -0.3 is 9.84 Å². The second-order valence-electron chi connectivity index (χ2n) is 3.33. The van der Waals surface area contributed by atoms with E-state index in [2.05, 4.69) is 10.3 Å². The van der Waals surface area contributed by atoms with Gasteiger partial charge in [-0.05, 0) is 20.8 Å². The molecule has 0 aliphatic heterocycles. The van der Waals surface area contributed by atoms with Crippen LogP contribution in [0.3, 0.4) is 0 Å². The molecule has 15 heavy (non-hydrogen) atoms. The Morgan fingerprint density at radius 3 is 2.73 bits per heavy atom. The topological polar surface area (TPSA) is 71.5 Å². The lowest BCUT2D eigenvalue weighted by Crippen LogP contribution is -2.17. The number of aliphatic hydroxyl groups excluding tert-OH is 1. The molecule has 1 amide bonds. The fraction of sp³-hybridized carbons (Fsp3) is 0.556. The van der Waals surface area contributed by atoms with Crippen molar-refractivity contribution >= 4 is 22.6 Å². The number of rotatable bonds is 3. The fourth-order valence-electron chi connectivity index (χ4n) is 0.866. The van der Waals surface area contributed by atoms with Crippen LogP contribution in [0.5, 0.6) is 0 Å². The molecule has 1 aromatic heterocycles. The Balaban J connectivity index is 2.53. The summed E-state index contributed by atoms with van der Waals surface area (Å²) in [5.41, 5.74) is 0.542. The average Bonchev–Trinajstić information content (AvgIpc) is 2.50. The van der Waals surface area contributed by atoms with Gasteiger partial charge in [0.25, 0.3) is 0 Å². The number of nitrogens with one attached hydrogen (secondary N) is 1. The van der Waals surface area contributed by atoms with Crippen molar-refractivity contribution in [3.63, 3.8) is 0 Å². The first-order valence-corrected chi connectivity index (χ1v) is 5.48. The van der Waals surface area contributed by atoms with Gasteiger partial charge in [0.15, 0.2) is 5.13 Å². The minimum Gasteiger partial charge on any atom is -0.447 e. The van der Waals surface area contributed by atoms with Crippen molar-refractivity contribution in [2.45, 2.75) is 33.0 Å². The molecule has 1 heterocycles. The van der Waals surface area contributed by atoms with Crippen LogP contribution in [-0.4, -0.2) is 22.3 Å². The number of carbonyl (C=O) groups is 1. The van der Waals surface area contributed by atoms with Gasteiger partial charge in [-0.25, -0.2) is 9.78 Å². The number of anilines is 1. The maximum absolute atomic E-state index is 11.2. The van der Waals surface area contributed by atoms with Crippen LogP contribution in [-0.2, 0) is 4.74 Å². The van der Waals surface area contributed by atoms with Crippen LogP contribution in [0.1, 0.15) is 32.6 Å². The first-order chi connectivity index (χ1) is 6.99. The van der Waals surface area contributed by atoms with Crippen molar-refractivity contribution in [1.82, 2.24) is 4.98 Å². The van der Waals surface area contributed by atoms with Gasteiger partial charge in [-0.2, -0.15) is 0 Å². The zero-order valence-corrected chi connectivity index (χ0v) is 9.67. The molecule has 2 N–H and O–H groups in total. The lowest BCUT2D eigenvalue weighted by molar-refractivity contribution is 0.130. The zero-order chi connectivity index (χ0) is 11.4. The molecule has 5 nitrogen and oxygen atoms in total. The molecule has 0 fully saturated rings. The number of thiazole rings is 1. The molecule has 0 spiro atoms. The predicted octanol–water partition coefficient (Wildman–Crippen LogP) is 2.15. The predicted molar refractivity (Wildman–Crippen MR) is 58.0 cm³/mol. The summed E-state index contributed by atoms with van der Waals surface area (Å²) in [6.07, 6.45) is -1.32. The SMILES string of the molecule is CC(C)OC(=O)Nc1nc(C(C)O)cs1. The molecule has 1 atom stereocenters. The molecule has 0 bridgehead atoms. The molecule has 0 aliphatic carbocycles. The van der Waals surface area contributed by atoms with Crippen molar-refractivity contribution < 1.29 is 14.6 Å². The van der Waals surface area contributed by atoms with Crippen LogP contribution in [0.2, 0.25) is 0 Å². The highest BCUT2D eigenvalue weighted by Crippen LogP contribution is 2.20. The van der Waals surface area contributed by atoms with Gasteiger partial charge in [0, 0.05) is 5.38 Å². The van der Waals surface area contributed by atoms with Gasteiger partial charge >= 0.3 is 6.09 Å². The number of amides is 1. The molecule has 0 aliphatic rings. The molecule has 0 saturated carbocycles. The fourth-order valence-corrected chi connectivity index (χ4v) is 1.65. The highest BCUT2D eigenvalue weighted by atomic mass is 32.1. The van der Waals surface area contributed by atoms with Crippen molar-refractivity contribution in [2.24, 2.45) is 0 Å². The Labute approximate surface area is 92.1 Å². The Hall–Kier alpha value is -1.14. The van der Waals surface area contributed by atoms with Gasteiger partial charge in [-0.15, -0.1) is 11.3 Å². The highest BCUT2D eigenvalue weighted by molar-refractivity contribution is 7.13. The minimum atomic E-state index is -0.627. The number of ether oxygens (including phenoxy) is 1. The lowest BCUT2D eigenvalue weighted by Gasteiger charge is -2.07. The summed E-state index contributed by atoms with van der Waals surface area (Å²) in [6, 6.07) is 0. The number of hydrogen-bond donors (Lipinski definition) is 2. The number of aromatic nitrogens is 1. The normalized spacial score (nSPS) is 12.6. The van der Waals surface area contributed by atoms with Crippen molar-refractivity contribution in [3.05, 3.63) is 11.1 Å². The molecule has 0 aromatic carbocycles. The molecule has 1 unspecified atom stereocenters. The smallest absolute Gasteiger partial charge is 0.413 e. The minimum absolute atomic E-state index is 0.166. The average molecular weight is 230 g/mol. The standard InChI is InChI=1S/C9H14N2O3S/c1-5(2)14-9(13)11-8-10-7(4-15-8)6(3)12/h4-6,12H,1-3H3,(H,10,11,13). The van der Waals surface area contributed by atoms with Gasteiger partial charge in [-0.3, -0.25) is 5.32 Å². The maximum Gasteiger partial charge on any atom is 0.413 e. The second-order valence-corrected chi connectivity index (χ2v) is 4.19. The third-order valence-corrected chi connectivity index (χ3v) is 2.28. The second kappa shape index (κ2) is 5.09. The molecule has 1 rings (SSSR count). The molecule has 6 heteroatoms. The van der Waals surface area contributed by atoms with Crippen LogP contribution in [0.4, 0.5) is 9.93 Å². The van der Waals surface area contributed by atoms with E-state index in [1.807, 2.05) is 0 Å². The zero-order valence-electron chi connectivity index (χ0n) is 8.85. The Kier molecular flexibility index (Phi) is 4.05. The van der Waals surface area contributed by atoms with E-state index < -0.39 is 12.2 Å². The molecule has 1 aromatic rings. The van der Waals surface area contributed by atoms with Gasteiger partial charge in [0.2, 0.25) is 0 Å². The monoisotopic (exact) mass is 230 g/mol. The van der Waals surface area contributed by atoms with Crippen LogP contribution >= 0.6 is 11.3 Å². The van der Waals surface area contributed by atoms with Crippen molar-refractivity contribution in [1.29, 1.82) is 0 Å². The maximum atomic E-state index is 11.2. The quantitative estimate of drug-likeness (QED) is 0.834. The van der Waals surface area contributed by atoms with Gasteiger partial charge in [0.1, 0.15) is 0 Å². The number of aliphatic hydroxyl groups is 1. The molecule has 0 radical (unpaired) electrons. The third kappa shape index (κ3) is 3.85. The summed E-state index contributed by atoms with van der Waals surface area (Å²) < 4.78 is 4.88. The van der Waals surface area contributed by atoms with E-state index in [-0.39, 0.29) is 6.10 Å². The van der Waals surface area contributed by atoms with E-state index in [1.54, 1.807) is 26.2 Å². The van der Waals surface area contributed by atoms with Crippen LogP contribution < -0.4 is 5.32 Å².